The zero-order valence-electron chi connectivity index (χ0n) is 17.0. The number of hydrogen-bond acceptors (Lipinski definition) is 6. The lowest BCUT2D eigenvalue weighted by molar-refractivity contribution is -0.115. The second-order valence-corrected chi connectivity index (χ2v) is 7.39. The molecule has 30 heavy (non-hydrogen) atoms. The molecule has 6 nitrogen and oxygen atoms in total. The summed E-state index contributed by atoms with van der Waals surface area (Å²) >= 11 is 1.26. The number of carbonyl (C=O) groups excluding carboxylic acids is 1. The average Bonchev–Trinajstić information content (AvgIpc) is 3.06. The van der Waals surface area contributed by atoms with Crippen LogP contribution in [0.5, 0.6) is 17.2 Å². The number of aromatic hydroxyl groups is 1. The molecule has 1 aliphatic heterocycles. The van der Waals surface area contributed by atoms with Crippen molar-refractivity contribution in [2.45, 2.75) is 20.3 Å². The van der Waals surface area contributed by atoms with Crippen LogP contribution in [0.1, 0.15) is 25.0 Å². The molecule has 0 aromatic heterocycles. The molecule has 1 amide bonds. The first kappa shape index (κ1) is 21.5. The van der Waals surface area contributed by atoms with Crippen molar-refractivity contribution in [2.75, 3.05) is 13.2 Å². The minimum atomic E-state index is -0.221. The van der Waals surface area contributed by atoms with Crippen molar-refractivity contribution in [3.8, 4) is 17.2 Å². The van der Waals surface area contributed by atoms with Gasteiger partial charge < -0.3 is 19.9 Å². The molecule has 0 atom stereocenters. The standard InChI is InChI=1S/C23H24N2O4S/c1-4-7-16-12-15(13-19(21(16)26)29-6-3)14-20-22(27)25-23(30-20)24-17-8-10-18(11-9-17)28-5-2/h4,8-14,26H,1,5-7H2,2-3H3,(H,24,25,27)/b20-14-. The Bertz CT molecular complexity index is 997. The Kier molecular flexibility index (Phi) is 7.19. The van der Waals surface area contributed by atoms with Crippen molar-refractivity contribution in [1.82, 2.24) is 5.32 Å². The maximum absolute atomic E-state index is 12.4. The van der Waals surface area contributed by atoms with Crippen LogP contribution in [0.3, 0.4) is 0 Å². The number of amidine groups is 1. The second-order valence-electron chi connectivity index (χ2n) is 6.36. The summed E-state index contributed by atoms with van der Waals surface area (Å²) in [4.78, 5) is 17.4. The van der Waals surface area contributed by atoms with Gasteiger partial charge in [0.05, 0.1) is 23.8 Å². The number of carbonyl (C=O) groups is 1. The molecule has 1 heterocycles. The summed E-state index contributed by atoms with van der Waals surface area (Å²) in [5.74, 6) is 1.04. The summed E-state index contributed by atoms with van der Waals surface area (Å²) in [6.07, 6.45) is 3.96. The zero-order valence-corrected chi connectivity index (χ0v) is 17.8. The van der Waals surface area contributed by atoms with Crippen LogP contribution in [0.25, 0.3) is 6.08 Å². The lowest BCUT2D eigenvalue weighted by Crippen LogP contribution is -2.19. The highest BCUT2D eigenvalue weighted by molar-refractivity contribution is 8.18. The maximum atomic E-state index is 12.4. The lowest BCUT2D eigenvalue weighted by atomic mass is 10.1. The highest BCUT2D eigenvalue weighted by atomic mass is 32.2. The number of hydrogen-bond donors (Lipinski definition) is 2. The van der Waals surface area contributed by atoms with Gasteiger partial charge in [0.1, 0.15) is 5.75 Å². The van der Waals surface area contributed by atoms with Gasteiger partial charge >= 0.3 is 0 Å². The van der Waals surface area contributed by atoms with Crippen LogP contribution in [0.2, 0.25) is 0 Å². The third kappa shape index (κ3) is 5.24. The fraction of sp³-hybridized carbons (Fsp3) is 0.217. The summed E-state index contributed by atoms with van der Waals surface area (Å²) in [5.41, 5.74) is 2.17. The quantitative estimate of drug-likeness (QED) is 0.470. The third-order valence-electron chi connectivity index (χ3n) is 4.17. The van der Waals surface area contributed by atoms with Crippen molar-refractivity contribution in [1.29, 1.82) is 0 Å². The molecule has 0 aliphatic carbocycles. The number of allylic oxidation sites excluding steroid dienone is 1. The van der Waals surface area contributed by atoms with Crippen molar-refractivity contribution in [3.05, 3.63) is 65.1 Å². The van der Waals surface area contributed by atoms with Gasteiger partial charge in [-0.15, -0.1) is 6.58 Å². The van der Waals surface area contributed by atoms with Gasteiger partial charge in [-0.05, 0) is 80.1 Å². The van der Waals surface area contributed by atoms with Crippen LogP contribution >= 0.6 is 11.8 Å². The molecular weight excluding hydrogens is 400 g/mol. The molecule has 0 spiro atoms. The Labute approximate surface area is 180 Å². The van der Waals surface area contributed by atoms with E-state index in [1.54, 1.807) is 18.2 Å². The first-order valence-electron chi connectivity index (χ1n) is 9.66. The smallest absolute Gasteiger partial charge is 0.264 e. The summed E-state index contributed by atoms with van der Waals surface area (Å²) < 4.78 is 11.0. The lowest BCUT2D eigenvalue weighted by Gasteiger charge is -2.11. The topological polar surface area (TPSA) is 80.2 Å². The minimum Gasteiger partial charge on any atom is -0.504 e. The van der Waals surface area contributed by atoms with Crippen molar-refractivity contribution in [2.24, 2.45) is 4.99 Å². The number of thioether (sulfide) groups is 1. The van der Waals surface area contributed by atoms with E-state index in [9.17, 15) is 9.90 Å². The van der Waals surface area contributed by atoms with E-state index in [1.165, 1.54) is 11.8 Å². The highest BCUT2D eigenvalue weighted by Gasteiger charge is 2.24. The number of ether oxygens (including phenoxy) is 2. The number of nitrogens with one attached hydrogen (secondary N) is 1. The molecule has 2 aromatic rings. The molecule has 0 radical (unpaired) electrons. The van der Waals surface area contributed by atoms with Gasteiger partial charge in [0.25, 0.3) is 5.91 Å². The molecule has 0 saturated carbocycles. The predicted molar refractivity (Wildman–Crippen MR) is 122 cm³/mol. The molecule has 7 heteroatoms. The van der Waals surface area contributed by atoms with Crippen molar-refractivity contribution in [3.63, 3.8) is 0 Å². The molecule has 3 rings (SSSR count). The monoisotopic (exact) mass is 424 g/mol. The third-order valence-corrected chi connectivity index (χ3v) is 5.08. The van der Waals surface area contributed by atoms with Crippen LogP contribution in [0.4, 0.5) is 5.69 Å². The van der Waals surface area contributed by atoms with E-state index in [2.05, 4.69) is 16.9 Å². The number of amides is 1. The minimum absolute atomic E-state index is 0.0974. The van der Waals surface area contributed by atoms with Gasteiger partial charge in [0.15, 0.2) is 16.7 Å². The van der Waals surface area contributed by atoms with E-state index in [4.69, 9.17) is 9.47 Å². The number of aliphatic imine (C=N–C) groups is 1. The van der Waals surface area contributed by atoms with Crippen LogP contribution in [-0.2, 0) is 11.2 Å². The van der Waals surface area contributed by atoms with Crippen LogP contribution in [-0.4, -0.2) is 29.4 Å². The fourth-order valence-corrected chi connectivity index (χ4v) is 3.72. The summed E-state index contributed by atoms with van der Waals surface area (Å²) in [6.45, 7) is 8.53. The Morgan fingerprint density at radius 3 is 2.57 bits per heavy atom. The van der Waals surface area contributed by atoms with Crippen molar-refractivity contribution >= 4 is 34.6 Å². The van der Waals surface area contributed by atoms with Crippen LogP contribution < -0.4 is 14.8 Å². The first-order valence-corrected chi connectivity index (χ1v) is 10.5. The molecule has 1 fully saturated rings. The number of nitrogens with zero attached hydrogens (tertiary/aromatic N) is 1. The largest absolute Gasteiger partial charge is 0.504 e. The van der Waals surface area contributed by atoms with E-state index >= 15 is 0 Å². The molecular formula is C23H24N2O4S. The molecule has 1 saturated heterocycles. The molecule has 2 aromatic carbocycles. The predicted octanol–water partition coefficient (Wildman–Crippen LogP) is 4.81. The molecule has 0 unspecified atom stereocenters. The van der Waals surface area contributed by atoms with Crippen molar-refractivity contribution < 1.29 is 19.4 Å². The highest BCUT2D eigenvalue weighted by Crippen LogP contribution is 2.35. The maximum Gasteiger partial charge on any atom is 0.264 e. The van der Waals surface area contributed by atoms with Gasteiger partial charge in [-0.1, -0.05) is 6.08 Å². The second kappa shape index (κ2) is 10.0. The van der Waals surface area contributed by atoms with Crippen LogP contribution in [0, 0.1) is 0 Å². The average molecular weight is 425 g/mol. The summed E-state index contributed by atoms with van der Waals surface area (Å²) in [7, 11) is 0. The number of phenolic OH excluding ortho intramolecular Hbond substituents is 1. The molecule has 1 aliphatic rings. The molecule has 2 N–H and O–H groups in total. The Morgan fingerprint density at radius 1 is 1.17 bits per heavy atom. The van der Waals surface area contributed by atoms with Gasteiger partial charge in [-0.25, -0.2) is 4.99 Å². The first-order chi connectivity index (χ1) is 14.5. The van der Waals surface area contributed by atoms with Gasteiger partial charge in [0, 0.05) is 5.56 Å². The SMILES string of the molecule is C=CCc1cc(/C=C2\SC(=Nc3ccc(OCC)cc3)NC2=O)cc(OCC)c1O. The van der Waals surface area contributed by atoms with Gasteiger partial charge in [-0.3, -0.25) is 4.79 Å². The van der Waals surface area contributed by atoms with Gasteiger partial charge in [-0.2, -0.15) is 0 Å². The van der Waals surface area contributed by atoms with Gasteiger partial charge in [0.2, 0.25) is 0 Å². The summed E-state index contributed by atoms with van der Waals surface area (Å²) in [6, 6.07) is 10.9. The number of rotatable bonds is 8. The van der Waals surface area contributed by atoms with E-state index in [0.717, 1.165) is 17.0 Å². The summed E-state index contributed by atoms with van der Waals surface area (Å²) in [5, 5.41) is 13.6. The molecule has 0 bridgehead atoms. The number of benzene rings is 2. The fourth-order valence-electron chi connectivity index (χ4n) is 2.88. The van der Waals surface area contributed by atoms with E-state index < -0.39 is 0 Å². The zero-order chi connectivity index (χ0) is 21.5. The van der Waals surface area contributed by atoms with Crippen LogP contribution in [0.15, 0.2) is 59.0 Å². The Balaban J connectivity index is 1.84. The molecule has 156 valence electrons. The van der Waals surface area contributed by atoms with E-state index in [-0.39, 0.29) is 11.7 Å². The normalized spacial score (nSPS) is 16.0. The Hall–Kier alpha value is -3.19. The Morgan fingerprint density at radius 2 is 1.90 bits per heavy atom. The van der Waals surface area contributed by atoms with E-state index in [1.807, 2.05) is 44.2 Å². The number of phenols is 1. The van der Waals surface area contributed by atoms with E-state index in [0.29, 0.717) is 41.0 Å².